The second-order valence-electron chi connectivity index (χ2n) is 7.17. The molecule has 0 saturated heterocycles. The van der Waals surface area contributed by atoms with Crippen LogP contribution in [0.2, 0.25) is 0 Å². The Morgan fingerprint density at radius 2 is 1.79 bits per heavy atom. The Kier molecular flexibility index (Phi) is 6.10. The zero-order chi connectivity index (χ0) is 14.6. The Hall–Kier alpha value is -0.310. The fourth-order valence-corrected chi connectivity index (χ4v) is 3.88. The molecule has 0 amide bonds. The number of nitrogens with one attached hydrogen (secondary N) is 2. The van der Waals surface area contributed by atoms with E-state index in [2.05, 4.69) is 52.2 Å². The van der Waals surface area contributed by atoms with E-state index >= 15 is 0 Å². The summed E-state index contributed by atoms with van der Waals surface area (Å²) in [6.07, 6.45) is 5.20. The largest absolute Gasteiger partial charge is 0.359 e. The third kappa shape index (κ3) is 4.94. The van der Waals surface area contributed by atoms with Gasteiger partial charge in [0, 0.05) is 11.6 Å². The van der Waals surface area contributed by atoms with Gasteiger partial charge in [0.15, 0.2) is 5.11 Å². The molecule has 3 heteroatoms. The first-order valence-electron chi connectivity index (χ1n) is 7.87. The molecule has 0 aromatic heterocycles. The highest BCUT2D eigenvalue weighted by molar-refractivity contribution is 7.80. The first kappa shape index (κ1) is 16.7. The van der Waals surface area contributed by atoms with Gasteiger partial charge in [-0.2, -0.15) is 0 Å². The van der Waals surface area contributed by atoms with E-state index in [1.807, 2.05) is 0 Å². The minimum atomic E-state index is 0.0355. The maximum atomic E-state index is 5.50. The Morgan fingerprint density at radius 3 is 2.26 bits per heavy atom. The van der Waals surface area contributed by atoms with Crippen molar-refractivity contribution in [1.82, 2.24) is 10.6 Å². The Morgan fingerprint density at radius 1 is 1.16 bits per heavy atom. The molecule has 0 aromatic carbocycles. The Bertz CT molecular complexity index is 296. The lowest BCUT2D eigenvalue weighted by Crippen LogP contribution is -2.55. The fraction of sp³-hybridized carbons (Fsp3) is 0.938. The number of rotatable bonds is 3. The molecule has 0 heterocycles. The van der Waals surface area contributed by atoms with E-state index in [0.717, 1.165) is 22.9 Å². The second-order valence-corrected chi connectivity index (χ2v) is 7.58. The van der Waals surface area contributed by atoms with Gasteiger partial charge < -0.3 is 10.6 Å². The highest BCUT2D eigenvalue weighted by atomic mass is 32.1. The van der Waals surface area contributed by atoms with Gasteiger partial charge in [-0.3, -0.25) is 0 Å². The van der Waals surface area contributed by atoms with Gasteiger partial charge in [-0.1, -0.05) is 40.0 Å². The van der Waals surface area contributed by atoms with Crippen molar-refractivity contribution in [2.45, 2.75) is 78.8 Å². The standard InChI is InChI=1S/C16H32N2S/c1-7-12-10-9-11(3)13(8-2)14(12)17-15(19)18-16(4,5)6/h11-14H,7-10H2,1-6H3,(H2,17,18,19). The minimum Gasteiger partial charge on any atom is -0.359 e. The van der Waals surface area contributed by atoms with Crippen LogP contribution in [0, 0.1) is 17.8 Å². The third-order valence-corrected chi connectivity index (χ3v) is 4.69. The molecule has 0 spiro atoms. The average Bonchev–Trinajstić information content (AvgIpc) is 2.27. The van der Waals surface area contributed by atoms with Crippen molar-refractivity contribution in [3.63, 3.8) is 0 Å². The topological polar surface area (TPSA) is 24.1 Å². The summed E-state index contributed by atoms with van der Waals surface area (Å²) >= 11 is 5.50. The fourth-order valence-electron chi connectivity index (χ4n) is 3.44. The maximum absolute atomic E-state index is 5.50. The van der Waals surface area contributed by atoms with Crippen molar-refractivity contribution < 1.29 is 0 Å². The van der Waals surface area contributed by atoms with Gasteiger partial charge in [-0.05, 0) is 57.2 Å². The van der Waals surface area contributed by atoms with Crippen LogP contribution in [0.3, 0.4) is 0 Å². The summed E-state index contributed by atoms with van der Waals surface area (Å²) in [6.45, 7) is 13.5. The van der Waals surface area contributed by atoms with Crippen LogP contribution >= 0.6 is 12.2 Å². The van der Waals surface area contributed by atoms with Gasteiger partial charge in [0.2, 0.25) is 0 Å². The summed E-state index contributed by atoms with van der Waals surface area (Å²) in [5, 5.41) is 7.84. The molecular weight excluding hydrogens is 252 g/mol. The van der Waals surface area contributed by atoms with E-state index in [-0.39, 0.29) is 5.54 Å². The molecule has 2 N–H and O–H groups in total. The monoisotopic (exact) mass is 284 g/mol. The first-order chi connectivity index (χ1) is 8.78. The van der Waals surface area contributed by atoms with Gasteiger partial charge in [0.25, 0.3) is 0 Å². The molecule has 4 unspecified atom stereocenters. The summed E-state index contributed by atoms with van der Waals surface area (Å²) in [5.41, 5.74) is 0.0355. The number of hydrogen-bond acceptors (Lipinski definition) is 1. The van der Waals surface area contributed by atoms with E-state index < -0.39 is 0 Å². The molecule has 1 aliphatic carbocycles. The molecule has 1 rings (SSSR count). The van der Waals surface area contributed by atoms with Crippen molar-refractivity contribution in [2.24, 2.45) is 17.8 Å². The van der Waals surface area contributed by atoms with Crippen LogP contribution in [0.25, 0.3) is 0 Å². The molecule has 0 radical (unpaired) electrons. The van der Waals surface area contributed by atoms with Crippen LogP contribution < -0.4 is 10.6 Å². The zero-order valence-electron chi connectivity index (χ0n) is 13.5. The zero-order valence-corrected chi connectivity index (χ0v) is 14.4. The van der Waals surface area contributed by atoms with Crippen LogP contribution in [0.4, 0.5) is 0 Å². The average molecular weight is 285 g/mol. The lowest BCUT2D eigenvalue weighted by atomic mass is 9.69. The Labute approximate surface area is 125 Å². The van der Waals surface area contributed by atoms with Crippen molar-refractivity contribution in [1.29, 1.82) is 0 Å². The summed E-state index contributed by atoms with van der Waals surface area (Å²) in [5.74, 6) is 2.32. The van der Waals surface area contributed by atoms with E-state index in [4.69, 9.17) is 12.2 Å². The van der Waals surface area contributed by atoms with Gasteiger partial charge in [-0.15, -0.1) is 0 Å². The quantitative estimate of drug-likeness (QED) is 0.763. The van der Waals surface area contributed by atoms with Gasteiger partial charge in [0.05, 0.1) is 0 Å². The van der Waals surface area contributed by atoms with Gasteiger partial charge >= 0.3 is 0 Å². The first-order valence-corrected chi connectivity index (χ1v) is 8.28. The van der Waals surface area contributed by atoms with Crippen molar-refractivity contribution in [3.05, 3.63) is 0 Å². The van der Waals surface area contributed by atoms with E-state index in [1.54, 1.807) is 0 Å². The highest BCUT2D eigenvalue weighted by Crippen LogP contribution is 2.37. The van der Waals surface area contributed by atoms with Gasteiger partial charge in [-0.25, -0.2) is 0 Å². The molecular formula is C16H32N2S. The molecule has 2 nitrogen and oxygen atoms in total. The smallest absolute Gasteiger partial charge is 0.166 e. The minimum absolute atomic E-state index is 0.0355. The predicted octanol–water partition coefficient (Wildman–Crippen LogP) is 4.10. The molecule has 1 aliphatic rings. The molecule has 0 bridgehead atoms. The van der Waals surface area contributed by atoms with Crippen molar-refractivity contribution in [3.8, 4) is 0 Å². The molecule has 19 heavy (non-hydrogen) atoms. The summed E-state index contributed by atoms with van der Waals surface area (Å²) in [7, 11) is 0. The molecule has 0 aromatic rings. The maximum Gasteiger partial charge on any atom is 0.166 e. The van der Waals surface area contributed by atoms with Crippen LogP contribution in [0.5, 0.6) is 0 Å². The molecule has 1 fully saturated rings. The van der Waals surface area contributed by atoms with Crippen LogP contribution in [0.1, 0.15) is 67.2 Å². The highest BCUT2D eigenvalue weighted by Gasteiger charge is 2.36. The normalized spacial score (nSPS) is 31.9. The third-order valence-electron chi connectivity index (χ3n) is 4.47. The van der Waals surface area contributed by atoms with Crippen LogP contribution in [0.15, 0.2) is 0 Å². The van der Waals surface area contributed by atoms with E-state index in [0.29, 0.717) is 6.04 Å². The lowest BCUT2D eigenvalue weighted by Gasteiger charge is -2.43. The van der Waals surface area contributed by atoms with E-state index in [1.165, 1.54) is 25.7 Å². The van der Waals surface area contributed by atoms with E-state index in [9.17, 15) is 0 Å². The second kappa shape index (κ2) is 6.92. The SMILES string of the molecule is CCC1CCC(C)C(CC)C1NC(=S)NC(C)(C)C. The predicted molar refractivity (Wildman–Crippen MR) is 88.4 cm³/mol. The van der Waals surface area contributed by atoms with Crippen molar-refractivity contribution in [2.75, 3.05) is 0 Å². The molecule has 1 saturated carbocycles. The number of hydrogen-bond donors (Lipinski definition) is 2. The molecule has 4 atom stereocenters. The molecule has 112 valence electrons. The summed E-state index contributed by atoms with van der Waals surface area (Å²) in [6, 6.07) is 0.543. The van der Waals surface area contributed by atoms with Crippen LogP contribution in [-0.4, -0.2) is 16.7 Å². The Balaban J connectivity index is 2.71. The van der Waals surface area contributed by atoms with Crippen molar-refractivity contribution >= 4 is 17.3 Å². The summed E-state index contributed by atoms with van der Waals surface area (Å²) in [4.78, 5) is 0. The number of thiocarbonyl (C=S) groups is 1. The van der Waals surface area contributed by atoms with Crippen LogP contribution in [-0.2, 0) is 0 Å². The molecule has 0 aliphatic heterocycles. The van der Waals surface area contributed by atoms with Gasteiger partial charge in [0.1, 0.15) is 0 Å². The summed E-state index contributed by atoms with van der Waals surface area (Å²) < 4.78 is 0. The lowest BCUT2D eigenvalue weighted by molar-refractivity contribution is 0.135.